The first-order chi connectivity index (χ1) is 15.7. The van der Waals surface area contributed by atoms with Crippen molar-refractivity contribution in [1.82, 2.24) is 0 Å². The first kappa shape index (κ1) is 25.1. The third-order valence-corrected chi connectivity index (χ3v) is 10.8. The highest BCUT2D eigenvalue weighted by Crippen LogP contribution is 2.67. The molecule has 0 aliphatic heterocycles. The van der Waals surface area contributed by atoms with Crippen LogP contribution in [0.3, 0.4) is 0 Å². The van der Waals surface area contributed by atoms with E-state index < -0.39 is 0 Å². The van der Waals surface area contributed by atoms with Crippen molar-refractivity contribution in [2.24, 2.45) is 46.3 Å². The van der Waals surface area contributed by atoms with Gasteiger partial charge in [0.2, 0.25) is 0 Å². The molecule has 0 aromatic rings. The first-order valence-corrected chi connectivity index (χ1v) is 14.2. The number of ether oxygens (including phenoxy) is 1. The van der Waals surface area contributed by atoms with Gasteiger partial charge in [-0.15, -0.1) is 0 Å². The molecule has 0 radical (unpaired) electrons. The van der Waals surface area contributed by atoms with Gasteiger partial charge in [0.1, 0.15) is 6.10 Å². The molecule has 186 valence electrons. The van der Waals surface area contributed by atoms with Gasteiger partial charge < -0.3 is 4.74 Å². The Morgan fingerprint density at radius 2 is 1.88 bits per heavy atom. The lowest BCUT2D eigenvalue weighted by molar-refractivity contribution is -0.145. The summed E-state index contributed by atoms with van der Waals surface area (Å²) in [5.74, 6) is 5.08. The molecular weight excluding hydrogens is 404 g/mol. The van der Waals surface area contributed by atoms with Gasteiger partial charge in [-0.2, -0.15) is 0 Å². The second-order valence-electron chi connectivity index (χ2n) is 13.1. The smallest absolute Gasteiger partial charge is 0.330 e. The summed E-state index contributed by atoms with van der Waals surface area (Å²) < 4.78 is 5.77. The highest BCUT2D eigenvalue weighted by molar-refractivity contribution is 5.81. The van der Waals surface area contributed by atoms with Crippen molar-refractivity contribution >= 4 is 5.97 Å². The van der Waals surface area contributed by atoms with Gasteiger partial charge >= 0.3 is 5.97 Å². The van der Waals surface area contributed by atoms with Crippen LogP contribution in [0.5, 0.6) is 0 Å². The fraction of sp³-hybridized carbons (Fsp3) is 0.839. The lowest BCUT2D eigenvalue weighted by Gasteiger charge is -2.58. The van der Waals surface area contributed by atoms with E-state index in [2.05, 4.69) is 40.7 Å². The van der Waals surface area contributed by atoms with Crippen molar-refractivity contribution < 1.29 is 9.53 Å². The molecule has 8 atom stereocenters. The van der Waals surface area contributed by atoms with Crippen LogP contribution in [-0.4, -0.2) is 12.1 Å². The number of hydrogen-bond acceptors (Lipinski definition) is 2. The number of rotatable bonds is 7. The number of carbonyl (C=O) groups is 1. The van der Waals surface area contributed by atoms with Crippen molar-refractivity contribution in [3.8, 4) is 0 Å². The van der Waals surface area contributed by atoms with E-state index in [4.69, 9.17) is 4.74 Å². The van der Waals surface area contributed by atoms with Crippen LogP contribution < -0.4 is 0 Å². The van der Waals surface area contributed by atoms with E-state index in [1.807, 2.05) is 6.92 Å². The van der Waals surface area contributed by atoms with Gasteiger partial charge in [0, 0.05) is 12.5 Å². The summed E-state index contributed by atoms with van der Waals surface area (Å²) in [6, 6.07) is 0. The van der Waals surface area contributed by atoms with Gasteiger partial charge in [0.15, 0.2) is 0 Å². The maximum absolute atomic E-state index is 12.0. The number of carbonyl (C=O) groups excluding carboxylic acids is 1. The van der Waals surface area contributed by atoms with Crippen LogP contribution in [0.4, 0.5) is 0 Å². The minimum Gasteiger partial charge on any atom is -0.459 e. The van der Waals surface area contributed by atoms with Crippen molar-refractivity contribution in [2.75, 3.05) is 0 Å². The van der Waals surface area contributed by atoms with E-state index in [0.717, 1.165) is 48.3 Å². The Balaban J connectivity index is 1.44. The highest BCUT2D eigenvalue weighted by Gasteiger charge is 2.59. The Morgan fingerprint density at radius 1 is 1.09 bits per heavy atom. The summed E-state index contributed by atoms with van der Waals surface area (Å²) in [5.41, 5.74) is 2.49. The monoisotopic (exact) mass is 454 g/mol. The maximum atomic E-state index is 12.0. The van der Waals surface area contributed by atoms with Crippen molar-refractivity contribution in [3.63, 3.8) is 0 Å². The van der Waals surface area contributed by atoms with E-state index in [1.54, 1.807) is 17.7 Å². The molecule has 0 N–H and O–H groups in total. The molecule has 0 unspecified atom stereocenters. The third-order valence-electron chi connectivity index (χ3n) is 10.8. The standard InChI is InChI=1S/C31H50O2/c1-7-9-29(32)33-24-16-18-30(5)23(20-24)12-13-25-27-15-14-26(22(4)11-8-10-21(2)3)31(27,6)19-17-28(25)30/h7,9,12,21-22,24-28H,8,10-11,13-20H2,1-6H3/b9-7+/t22-,24-,25+,26-,27+,28+,30+,31-/m1/s1. The van der Waals surface area contributed by atoms with Crippen LogP contribution in [-0.2, 0) is 9.53 Å². The molecule has 0 spiro atoms. The average Bonchev–Trinajstić information content (AvgIpc) is 3.11. The molecule has 2 nitrogen and oxygen atoms in total. The van der Waals surface area contributed by atoms with E-state index in [9.17, 15) is 4.79 Å². The molecule has 4 aliphatic rings. The van der Waals surface area contributed by atoms with E-state index in [0.29, 0.717) is 10.8 Å². The van der Waals surface area contributed by atoms with Gasteiger partial charge in [0.05, 0.1) is 0 Å². The van der Waals surface area contributed by atoms with Crippen LogP contribution in [0.2, 0.25) is 0 Å². The van der Waals surface area contributed by atoms with Gasteiger partial charge in [0.25, 0.3) is 0 Å². The fourth-order valence-electron chi connectivity index (χ4n) is 9.09. The zero-order valence-electron chi connectivity index (χ0n) is 22.4. The largest absolute Gasteiger partial charge is 0.459 e. The lowest BCUT2D eigenvalue weighted by Crippen LogP contribution is -2.51. The molecule has 0 heterocycles. The first-order valence-electron chi connectivity index (χ1n) is 14.2. The Bertz CT molecular complexity index is 763. The van der Waals surface area contributed by atoms with Gasteiger partial charge in [-0.05, 0) is 98.2 Å². The SMILES string of the molecule is C/C=C/C(=O)O[C@@H]1CC[C@@]2(C)C(=CC[C@H]3[C@@H]4CC[C@H]([C@H](C)CCCC(C)C)[C@@]4(C)CC[C@@H]32)C1. The second kappa shape index (κ2) is 9.90. The minimum absolute atomic E-state index is 0.0704. The molecule has 0 amide bonds. The van der Waals surface area contributed by atoms with Crippen LogP contribution in [0.15, 0.2) is 23.8 Å². The lowest BCUT2D eigenvalue weighted by atomic mass is 9.47. The summed E-state index contributed by atoms with van der Waals surface area (Å²) >= 11 is 0. The quantitative estimate of drug-likeness (QED) is 0.219. The minimum atomic E-state index is -0.173. The van der Waals surface area contributed by atoms with Crippen molar-refractivity contribution in [3.05, 3.63) is 23.8 Å². The van der Waals surface area contributed by atoms with Crippen LogP contribution in [0, 0.1) is 46.3 Å². The number of esters is 1. The van der Waals surface area contributed by atoms with Gasteiger partial charge in [-0.1, -0.05) is 71.6 Å². The number of hydrogen-bond donors (Lipinski definition) is 0. The number of allylic oxidation sites excluding steroid dienone is 2. The molecule has 0 aromatic carbocycles. The zero-order chi connectivity index (χ0) is 23.8. The summed E-state index contributed by atoms with van der Waals surface area (Å²) in [7, 11) is 0. The molecule has 0 saturated heterocycles. The van der Waals surface area contributed by atoms with E-state index >= 15 is 0 Å². The average molecular weight is 455 g/mol. The molecule has 0 aromatic heterocycles. The summed E-state index contributed by atoms with van der Waals surface area (Å²) in [4.78, 5) is 12.0. The van der Waals surface area contributed by atoms with E-state index in [-0.39, 0.29) is 12.1 Å². The van der Waals surface area contributed by atoms with Gasteiger partial charge in [-0.3, -0.25) is 0 Å². The summed E-state index contributed by atoms with van der Waals surface area (Å²) in [6.07, 6.45) is 20.4. The molecule has 3 saturated carbocycles. The van der Waals surface area contributed by atoms with E-state index in [1.165, 1.54) is 57.8 Å². The normalized spacial score (nSPS) is 41.3. The predicted octanol–water partition coefficient (Wildman–Crippen LogP) is 8.52. The molecule has 4 rings (SSSR count). The topological polar surface area (TPSA) is 26.3 Å². The Kier molecular flexibility index (Phi) is 7.52. The predicted molar refractivity (Wildman–Crippen MR) is 138 cm³/mol. The molecule has 2 heteroatoms. The Morgan fingerprint density at radius 3 is 2.61 bits per heavy atom. The molecule has 33 heavy (non-hydrogen) atoms. The van der Waals surface area contributed by atoms with Crippen LogP contribution >= 0.6 is 0 Å². The Hall–Kier alpha value is -1.05. The fourth-order valence-corrected chi connectivity index (χ4v) is 9.09. The van der Waals surface area contributed by atoms with Gasteiger partial charge in [-0.25, -0.2) is 4.79 Å². The highest BCUT2D eigenvalue weighted by atomic mass is 16.5. The second-order valence-corrected chi connectivity index (χ2v) is 13.1. The summed E-state index contributed by atoms with van der Waals surface area (Å²) in [5, 5.41) is 0. The molecule has 4 aliphatic carbocycles. The van der Waals surface area contributed by atoms with Crippen molar-refractivity contribution in [1.29, 1.82) is 0 Å². The number of fused-ring (bicyclic) bond motifs is 5. The molecular formula is C31H50O2. The molecule has 0 bridgehead atoms. The Labute approximate surface area is 204 Å². The van der Waals surface area contributed by atoms with Crippen LogP contribution in [0.25, 0.3) is 0 Å². The summed E-state index contributed by atoms with van der Waals surface area (Å²) in [6.45, 7) is 14.4. The van der Waals surface area contributed by atoms with Crippen LogP contribution in [0.1, 0.15) is 112 Å². The molecule has 3 fully saturated rings. The zero-order valence-corrected chi connectivity index (χ0v) is 22.4. The third kappa shape index (κ3) is 4.74. The van der Waals surface area contributed by atoms with Crippen molar-refractivity contribution in [2.45, 2.75) is 118 Å². The maximum Gasteiger partial charge on any atom is 0.330 e.